The summed E-state index contributed by atoms with van der Waals surface area (Å²) in [5, 5.41) is 6.85. The molecule has 0 bridgehead atoms. The fourth-order valence-corrected chi connectivity index (χ4v) is 1.93. The number of nitrogens with one attached hydrogen (secondary N) is 2. The van der Waals surface area contributed by atoms with Crippen molar-refractivity contribution >= 4 is 34.8 Å². The number of hydrogen-bond acceptors (Lipinski definition) is 5. The zero-order chi connectivity index (χ0) is 13.1. The van der Waals surface area contributed by atoms with Crippen LogP contribution >= 0.6 is 23.2 Å². The first kappa shape index (κ1) is 13.0. The van der Waals surface area contributed by atoms with Crippen LogP contribution in [0.4, 0.5) is 11.6 Å². The molecule has 2 aromatic rings. The summed E-state index contributed by atoms with van der Waals surface area (Å²) in [7, 11) is 1.74. The number of rotatable bonds is 4. The van der Waals surface area contributed by atoms with Crippen LogP contribution in [0.3, 0.4) is 0 Å². The first-order chi connectivity index (χ1) is 8.60. The lowest BCUT2D eigenvalue weighted by atomic mass is 10.4. The third-order valence-electron chi connectivity index (χ3n) is 2.24. The molecule has 0 aliphatic rings. The molecule has 2 N–H and O–H groups in total. The van der Waals surface area contributed by atoms with Crippen molar-refractivity contribution in [1.29, 1.82) is 0 Å². The van der Waals surface area contributed by atoms with Gasteiger partial charge in [0.1, 0.15) is 17.4 Å². The van der Waals surface area contributed by atoms with Crippen LogP contribution in [-0.2, 0) is 6.54 Å². The van der Waals surface area contributed by atoms with Crippen molar-refractivity contribution in [3.63, 3.8) is 0 Å². The molecule has 7 heteroatoms. The maximum absolute atomic E-state index is 6.04. The van der Waals surface area contributed by atoms with E-state index in [1.165, 1.54) is 0 Å². The lowest BCUT2D eigenvalue weighted by Gasteiger charge is -2.09. The standard InChI is InChI=1S/C11H12Cl2N4O/c1-6-4-15-9(18-6)5-16-11-8(13)3-7(12)10(14-2)17-11/h3-4H,5H2,1-2H3,(H2,14,16,17). The van der Waals surface area contributed by atoms with Crippen molar-refractivity contribution < 1.29 is 4.42 Å². The van der Waals surface area contributed by atoms with E-state index in [2.05, 4.69) is 20.6 Å². The lowest BCUT2D eigenvalue weighted by Crippen LogP contribution is -2.04. The van der Waals surface area contributed by atoms with Crippen LogP contribution in [0.5, 0.6) is 0 Å². The van der Waals surface area contributed by atoms with Crippen molar-refractivity contribution in [2.24, 2.45) is 0 Å². The van der Waals surface area contributed by atoms with Gasteiger partial charge in [-0.25, -0.2) is 9.97 Å². The van der Waals surface area contributed by atoms with Crippen molar-refractivity contribution in [2.75, 3.05) is 17.7 Å². The van der Waals surface area contributed by atoms with Gasteiger partial charge in [0.15, 0.2) is 0 Å². The SMILES string of the molecule is CNc1nc(NCc2ncc(C)o2)c(Cl)cc1Cl. The highest BCUT2D eigenvalue weighted by Crippen LogP contribution is 2.29. The summed E-state index contributed by atoms with van der Waals surface area (Å²) in [6.45, 7) is 2.24. The summed E-state index contributed by atoms with van der Waals surface area (Å²) in [6, 6.07) is 1.63. The molecule has 0 aliphatic heterocycles. The number of halogens is 2. The van der Waals surface area contributed by atoms with Gasteiger partial charge in [-0.2, -0.15) is 0 Å². The molecule has 0 unspecified atom stereocenters. The van der Waals surface area contributed by atoms with Gasteiger partial charge in [-0.3, -0.25) is 0 Å². The first-order valence-corrected chi connectivity index (χ1v) is 6.04. The van der Waals surface area contributed by atoms with E-state index in [-0.39, 0.29) is 0 Å². The average molecular weight is 287 g/mol. The molecule has 2 rings (SSSR count). The van der Waals surface area contributed by atoms with E-state index in [1.807, 2.05) is 6.92 Å². The molecular weight excluding hydrogens is 275 g/mol. The van der Waals surface area contributed by atoms with Crippen LogP contribution in [0.15, 0.2) is 16.7 Å². The molecule has 0 saturated carbocycles. The van der Waals surface area contributed by atoms with Gasteiger partial charge in [0.2, 0.25) is 5.89 Å². The van der Waals surface area contributed by atoms with Crippen molar-refractivity contribution in [2.45, 2.75) is 13.5 Å². The number of oxazole rings is 1. The Hall–Kier alpha value is -1.46. The summed E-state index contributed by atoms with van der Waals surface area (Å²) in [5.74, 6) is 2.43. The largest absolute Gasteiger partial charge is 0.444 e. The molecule has 0 spiro atoms. The van der Waals surface area contributed by atoms with Gasteiger partial charge in [-0.15, -0.1) is 0 Å². The highest BCUT2D eigenvalue weighted by atomic mass is 35.5. The Morgan fingerprint density at radius 3 is 2.61 bits per heavy atom. The number of hydrogen-bond donors (Lipinski definition) is 2. The third kappa shape index (κ3) is 2.86. The van der Waals surface area contributed by atoms with Gasteiger partial charge >= 0.3 is 0 Å². The van der Waals surface area contributed by atoms with Gasteiger partial charge in [-0.05, 0) is 13.0 Å². The minimum atomic E-state index is 0.408. The molecule has 0 atom stereocenters. The van der Waals surface area contributed by atoms with Gasteiger partial charge < -0.3 is 15.1 Å². The molecule has 2 aromatic heterocycles. The number of aromatic nitrogens is 2. The van der Waals surface area contributed by atoms with Crippen LogP contribution in [0, 0.1) is 6.92 Å². The Morgan fingerprint density at radius 1 is 1.28 bits per heavy atom. The summed E-state index contributed by atoms with van der Waals surface area (Å²) in [6.07, 6.45) is 1.66. The topological polar surface area (TPSA) is 63.0 Å². The molecule has 0 amide bonds. The fourth-order valence-electron chi connectivity index (χ4n) is 1.41. The molecule has 18 heavy (non-hydrogen) atoms. The molecule has 5 nitrogen and oxygen atoms in total. The first-order valence-electron chi connectivity index (χ1n) is 5.29. The molecule has 0 fully saturated rings. The van der Waals surface area contributed by atoms with Crippen LogP contribution in [0.1, 0.15) is 11.7 Å². The Kier molecular flexibility index (Phi) is 3.93. The number of pyridine rings is 1. The normalized spacial score (nSPS) is 10.4. The third-order valence-corrected chi connectivity index (χ3v) is 2.82. The fraction of sp³-hybridized carbons (Fsp3) is 0.273. The molecule has 0 radical (unpaired) electrons. The van der Waals surface area contributed by atoms with E-state index < -0.39 is 0 Å². The van der Waals surface area contributed by atoms with Gasteiger partial charge in [0, 0.05) is 7.05 Å². The molecule has 0 aliphatic carbocycles. The summed E-state index contributed by atoms with van der Waals surface area (Å²) >= 11 is 12.0. The monoisotopic (exact) mass is 286 g/mol. The van der Waals surface area contributed by atoms with E-state index in [4.69, 9.17) is 27.6 Å². The Morgan fingerprint density at radius 2 is 2.00 bits per heavy atom. The van der Waals surface area contributed by atoms with E-state index in [0.717, 1.165) is 5.76 Å². The van der Waals surface area contributed by atoms with Gasteiger partial charge in [0.25, 0.3) is 0 Å². The minimum Gasteiger partial charge on any atom is -0.444 e. The van der Waals surface area contributed by atoms with Crippen LogP contribution < -0.4 is 10.6 Å². The second-order valence-electron chi connectivity index (χ2n) is 3.62. The summed E-state index contributed by atoms with van der Waals surface area (Å²) in [5.41, 5.74) is 0. The molecular formula is C11H12Cl2N4O. The average Bonchev–Trinajstić information content (AvgIpc) is 2.74. The highest BCUT2D eigenvalue weighted by Gasteiger charge is 2.09. The van der Waals surface area contributed by atoms with E-state index in [9.17, 15) is 0 Å². The lowest BCUT2D eigenvalue weighted by molar-refractivity contribution is 0.479. The van der Waals surface area contributed by atoms with Gasteiger partial charge in [0.05, 0.1) is 22.8 Å². The number of aryl methyl sites for hydroxylation is 1. The van der Waals surface area contributed by atoms with Crippen LogP contribution in [0.25, 0.3) is 0 Å². The predicted octanol–water partition coefficient (Wildman–Crippen LogP) is 3.34. The smallest absolute Gasteiger partial charge is 0.213 e. The summed E-state index contributed by atoms with van der Waals surface area (Å²) in [4.78, 5) is 8.34. The summed E-state index contributed by atoms with van der Waals surface area (Å²) < 4.78 is 5.34. The maximum Gasteiger partial charge on any atom is 0.213 e. The van der Waals surface area contributed by atoms with Crippen molar-refractivity contribution in [3.8, 4) is 0 Å². The Labute approximate surface area is 115 Å². The zero-order valence-corrected chi connectivity index (χ0v) is 11.4. The second-order valence-corrected chi connectivity index (χ2v) is 4.43. The van der Waals surface area contributed by atoms with Crippen molar-refractivity contribution in [1.82, 2.24) is 9.97 Å². The van der Waals surface area contributed by atoms with E-state index >= 15 is 0 Å². The second kappa shape index (κ2) is 5.46. The molecule has 0 saturated heterocycles. The molecule has 0 aromatic carbocycles. The van der Waals surface area contributed by atoms with Crippen LogP contribution in [-0.4, -0.2) is 17.0 Å². The molecule has 2 heterocycles. The quantitative estimate of drug-likeness (QED) is 0.903. The van der Waals surface area contributed by atoms with Gasteiger partial charge in [-0.1, -0.05) is 23.2 Å². The predicted molar refractivity (Wildman–Crippen MR) is 72.4 cm³/mol. The number of anilines is 2. The minimum absolute atomic E-state index is 0.408. The van der Waals surface area contributed by atoms with Crippen molar-refractivity contribution in [3.05, 3.63) is 34.0 Å². The Balaban J connectivity index is 2.13. The number of nitrogens with zero attached hydrogens (tertiary/aromatic N) is 2. The molecule has 96 valence electrons. The van der Waals surface area contributed by atoms with Crippen LogP contribution in [0.2, 0.25) is 10.0 Å². The Bertz CT molecular complexity index is 556. The zero-order valence-electron chi connectivity index (χ0n) is 9.92. The van der Waals surface area contributed by atoms with E-state index in [0.29, 0.717) is 34.1 Å². The maximum atomic E-state index is 6.04. The highest BCUT2D eigenvalue weighted by molar-refractivity contribution is 6.37. The van der Waals surface area contributed by atoms with E-state index in [1.54, 1.807) is 19.3 Å².